The number of rotatable bonds is 2. The van der Waals surface area contributed by atoms with Crippen LogP contribution in [0.3, 0.4) is 0 Å². The Bertz CT molecular complexity index is 441. The van der Waals surface area contributed by atoms with Crippen molar-refractivity contribution < 1.29 is 4.79 Å². The third kappa shape index (κ3) is 2.43. The summed E-state index contributed by atoms with van der Waals surface area (Å²) in [5.74, 6) is 1.46. The lowest BCUT2D eigenvalue weighted by molar-refractivity contribution is 0.112. The maximum absolute atomic E-state index is 10.8. The molecule has 0 N–H and O–H groups in total. The normalized spacial score (nSPS) is 28.2. The van der Waals surface area contributed by atoms with Crippen molar-refractivity contribution in [3.05, 3.63) is 29.3 Å². The summed E-state index contributed by atoms with van der Waals surface area (Å²) < 4.78 is 0. The molecule has 1 aliphatic heterocycles. The SMILES string of the molecule is Cc1cc(C=O)ccc1N1CC(C)CC(C)C1C. The molecule has 3 atom stereocenters. The first-order chi connectivity index (χ1) is 8.52. The van der Waals surface area contributed by atoms with E-state index in [2.05, 4.69) is 38.7 Å². The number of carbonyl (C=O) groups excluding carboxylic acids is 1. The number of carbonyl (C=O) groups is 1. The number of piperidine rings is 1. The van der Waals surface area contributed by atoms with E-state index in [4.69, 9.17) is 0 Å². The van der Waals surface area contributed by atoms with Gasteiger partial charge in [-0.3, -0.25) is 4.79 Å². The van der Waals surface area contributed by atoms with Gasteiger partial charge in [0.25, 0.3) is 0 Å². The minimum atomic E-state index is 0.571. The van der Waals surface area contributed by atoms with E-state index < -0.39 is 0 Å². The van der Waals surface area contributed by atoms with Crippen LogP contribution in [0, 0.1) is 18.8 Å². The van der Waals surface area contributed by atoms with Gasteiger partial charge in [-0.2, -0.15) is 0 Å². The van der Waals surface area contributed by atoms with Gasteiger partial charge in [0.05, 0.1) is 0 Å². The monoisotopic (exact) mass is 245 g/mol. The highest BCUT2D eigenvalue weighted by atomic mass is 16.1. The van der Waals surface area contributed by atoms with Gasteiger partial charge >= 0.3 is 0 Å². The maximum atomic E-state index is 10.8. The van der Waals surface area contributed by atoms with Crippen LogP contribution in [0.1, 0.15) is 43.1 Å². The fourth-order valence-electron chi connectivity index (χ4n) is 3.11. The molecule has 0 saturated carbocycles. The molecule has 18 heavy (non-hydrogen) atoms. The topological polar surface area (TPSA) is 20.3 Å². The van der Waals surface area contributed by atoms with E-state index >= 15 is 0 Å². The van der Waals surface area contributed by atoms with E-state index in [1.807, 2.05) is 12.1 Å². The van der Waals surface area contributed by atoms with Crippen molar-refractivity contribution in [2.45, 2.75) is 40.2 Å². The number of nitrogens with zero attached hydrogens (tertiary/aromatic N) is 1. The second kappa shape index (κ2) is 5.13. The standard InChI is InChI=1S/C16H23NO/c1-11-7-12(2)14(4)17(9-11)16-6-5-15(10-18)8-13(16)3/h5-6,8,10-12,14H,7,9H2,1-4H3. The summed E-state index contributed by atoms with van der Waals surface area (Å²) in [5.41, 5.74) is 3.25. The van der Waals surface area contributed by atoms with Gasteiger partial charge in [0.15, 0.2) is 0 Å². The van der Waals surface area contributed by atoms with Gasteiger partial charge in [0, 0.05) is 23.8 Å². The van der Waals surface area contributed by atoms with Crippen molar-refractivity contribution in [2.24, 2.45) is 11.8 Å². The van der Waals surface area contributed by atoms with E-state index in [0.29, 0.717) is 6.04 Å². The molecule has 98 valence electrons. The zero-order chi connectivity index (χ0) is 13.3. The van der Waals surface area contributed by atoms with Gasteiger partial charge in [0.1, 0.15) is 6.29 Å². The highest BCUT2D eigenvalue weighted by Crippen LogP contribution is 2.33. The van der Waals surface area contributed by atoms with Crippen LogP contribution < -0.4 is 4.90 Å². The summed E-state index contributed by atoms with van der Waals surface area (Å²) in [6.45, 7) is 10.2. The van der Waals surface area contributed by atoms with Gasteiger partial charge in [-0.25, -0.2) is 0 Å². The van der Waals surface area contributed by atoms with Crippen molar-refractivity contribution in [2.75, 3.05) is 11.4 Å². The highest BCUT2D eigenvalue weighted by molar-refractivity contribution is 5.77. The lowest BCUT2D eigenvalue weighted by Gasteiger charge is -2.43. The van der Waals surface area contributed by atoms with Crippen molar-refractivity contribution in [1.29, 1.82) is 0 Å². The van der Waals surface area contributed by atoms with Crippen LogP contribution in [-0.2, 0) is 0 Å². The summed E-state index contributed by atoms with van der Waals surface area (Å²) in [6, 6.07) is 6.58. The first kappa shape index (κ1) is 13.1. The van der Waals surface area contributed by atoms with Crippen molar-refractivity contribution in [3.8, 4) is 0 Å². The van der Waals surface area contributed by atoms with E-state index in [1.54, 1.807) is 0 Å². The number of hydrogen-bond donors (Lipinski definition) is 0. The molecule has 0 spiro atoms. The van der Waals surface area contributed by atoms with Crippen LogP contribution in [0.5, 0.6) is 0 Å². The lowest BCUT2D eigenvalue weighted by Crippen LogP contribution is -2.46. The summed E-state index contributed by atoms with van der Waals surface area (Å²) in [5, 5.41) is 0. The summed E-state index contributed by atoms with van der Waals surface area (Å²) in [6.07, 6.45) is 2.23. The number of hydrogen-bond acceptors (Lipinski definition) is 2. The molecule has 0 aromatic heterocycles. The molecule has 1 fully saturated rings. The number of benzene rings is 1. The fraction of sp³-hybridized carbons (Fsp3) is 0.562. The smallest absolute Gasteiger partial charge is 0.150 e. The maximum Gasteiger partial charge on any atom is 0.150 e. The van der Waals surface area contributed by atoms with Gasteiger partial charge in [-0.15, -0.1) is 0 Å². The highest BCUT2D eigenvalue weighted by Gasteiger charge is 2.29. The van der Waals surface area contributed by atoms with Gasteiger partial charge in [0.2, 0.25) is 0 Å². The lowest BCUT2D eigenvalue weighted by atomic mass is 9.85. The Morgan fingerprint density at radius 2 is 2.00 bits per heavy atom. The Morgan fingerprint density at radius 3 is 2.61 bits per heavy atom. The van der Waals surface area contributed by atoms with Crippen LogP contribution in [0.4, 0.5) is 5.69 Å². The van der Waals surface area contributed by atoms with Gasteiger partial charge in [-0.1, -0.05) is 13.8 Å². The molecule has 1 heterocycles. The number of aldehydes is 1. The Hall–Kier alpha value is -1.31. The van der Waals surface area contributed by atoms with Crippen molar-refractivity contribution >= 4 is 12.0 Å². The van der Waals surface area contributed by atoms with Crippen LogP contribution in [0.2, 0.25) is 0 Å². The third-order valence-electron chi connectivity index (χ3n) is 4.26. The van der Waals surface area contributed by atoms with Crippen LogP contribution in [0.15, 0.2) is 18.2 Å². The molecule has 0 aliphatic carbocycles. The largest absolute Gasteiger partial charge is 0.368 e. The zero-order valence-electron chi connectivity index (χ0n) is 11.8. The van der Waals surface area contributed by atoms with Crippen molar-refractivity contribution in [1.82, 2.24) is 0 Å². The fourth-order valence-corrected chi connectivity index (χ4v) is 3.11. The minimum absolute atomic E-state index is 0.571. The second-order valence-electron chi connectivity index (χ2n) is 5.87. The van der Waals surface area contributed by atoms with E-state index in [1.165, 1.54) is 17.7 Å². The summed E-state index contributed by atoms with van der Waals surface area (Å²) in [7, 11) is 0. The predicted molar refractivity (Wildman–Crippen MR) is 76.3 cm³/mol. The van der Waals surface area contributed by atoms with E-state index in [0.717, 1.165) is 30.2 Å². The van der Waals surface area contributed by atoms with E-state index in [-0.39, 0.29) is 0 Å². The Morgan fingerprint density at radius 1 is 1.28 bits per heavy atom. The molecule has 1 aliphatic rings. The summed E-state index contributed by atoms with van der Waals surface area (Å²) in [4.78, 5) is 13.3. The van der Waals surface area contributed by atoms with Crippen molar-refractivity contribution in [3.63, 3.8) is 0 Å². The van der Waals surface area contributed by atoms with Gasteiger partial charge in [-0.05, 0) is 55.9 Å². The molecule has 3 unspecified atom stereocenters. The Kier molecular flexibility index (Phi) is 3.74. The van der Waals surface area contributed by atoms with Gasteiger partial charge < -0.3 is 4.90 Å². The molecule has 1 aromatic carbocycles. The average molecular weight is 245 g/mol. The molecule has 0 radical (unpaired) electrons. The molecule has 2 nitrogen and oxygen atoms in total. The van der Waals surface area contributed by atoms with E-state index in [9.17, 15) is 4.79 Å². The molecular weight excluding hydrogens is 222 g/mol. The Labute approximate surface area is 110 Å². The van der Waals surface area contributed by atoms with Crippen LogP contribution in [0.25, 0.3) is 0 Å². The van der Waals surface area contributed by atoms with Crippen LogP contribution in [-0.4, -0.2) is 18.9 Å². The molecular formula is C16H23NO. The molecule has 0 amide bonds. The second-order valence-corrected chi connectivity index (χ2v) is 5.87. The quantitative estimate of drug-likeness (QED) is 0.741. The predicted octanol–water partition coefficient (Wildman–Crippen LogP) is 3.68. The third-order valence-corrected chi connectivity index (χ3v) is 4.26. The molecule has 2 heteroatoms. The summed E-state index contributed by atoms with van der Waals surface area (Å²) >= 11 is 0. The molecule has 2 rings (SSSR count). The molecule has 1 aromatic rings. The Balaban J connectivity index is 2.32. The zero-order valence-corrected chi connectivity index (χ0v) is 11.8. The van der Waals surface area contributed by atoms with Crippen LogP contribution >= 0.6 is 0 Å². The number of aryl methyl sites for hydroxylation is 1. The first-order valence-corrected chi connectivity index (χ1v) is 6.85. The number of anilines is 1. The minimum Gasteiger partial charge on any atom is -0.368 e. The first-order valence-electron chi connectivity index (χ1n) is 6.85. The molecule has 1 saturated heterocycles. The molecule has 0 bridgehead atoms. The average Bonchev–Trinajstić information content (AvgIpc) is 2.34.